The number of rotatable bonds is 1. The maximum Gasteiger partial charge on any atom is 0.418 e. The van der Waals surface area contributed by atoms with Crippen molar-refractivity contribution in [1.82, 2.24) is 9.88 Å². The summed E-state index contributed by atoms with van der Waals surface area (Å²) >= 11 is 0. The summed E-state index contributed by atoms with van der Waals surface area (Å²) in [5, 5.41) is 9.29. The quantitative estimate of drug-likeness (QED) is 0.828. The molecule has 1 fully saturated rings. The van der Waals surface area contributed by atoms with Crippen LogP contribution < -0.4 is 0 Å². The Bertz CT molecular complexity index is 462. The van der Waals surface area contributed by atoms with Crippen LogP contribution in [0.15, 0.2) is 18.3 Å². The van der Waals surface area contributed by atoms with Gasteiger partial charge in [0.25, 0.3) is 5.91 Å². The molecule has 18 heavy (non-hydrogen) atoms. The Balaban J connectivity index is 2.31. The number of β-amino-alcohol motifs (C(OH)–C–C–N with tert-alkyl or cyclic N) is 1. The zero-order chi connectivity index (χ0) is 13.3. The summed E-state index contributed by atoms with van der Waals surface area (Å²) in [6, 6.07) is 1.96. The second-order valence-corrected chi connectivity index (χ2v) is 4.09. The SMILES string of the molecule is O=C(c1ncccc1C(F)(F)F)N1CC[C@H](O)C1. The molecule has 0 radical (unpaired) electrons. The molecular weight excluding hydrogens is 249 g/mol. The number of hydrogen-bond acceptors (Lipinski definition) is 3. The highest BCUT2D eigenvalue weighted by molar-refractivity contribution is 5.94. The van der Waals surface area contributed by atoms with Crippen LogP contribution >= 0.6 is 0 Å². The molecule has 0 saturated carbocycles. The van der Waals surface area contributed by atoms with Crippen molar-refractivity contribution >= 4 is 5.91 Å². The van der Waals surface area contributed by atoms with Crippen molar-refractivity contribution < 1.29 is 23.1 Å². The number of aliphatic hydroxyl groups excluding tert-OH is 1. The van der Waals surface area contributed by atoms with Crippen molar-refractivity contribution in [3.8, 4) is 0 Å². The van der Waals surface area contributed by atoms with E-state index in [1.807, 2.05) is 0 Å². The Morgan fingerprint density at radius 1 is 1.50 bits per heavy atom. The van der Waals surface area contributed by atoms with Gasteiger partial charge in [-0.15, -0.1) is 0 Å². The van der Waals surface area contributed by atoms with Gasteiger partial charge in [0.1, 0.15) is 5.69 Å². The normalized spacial score (nSPS) is 20.2. The molecule has 1 atom stereocenters. The van der Waals surface area contributed by atoms with Gasteiger partial charge in [0, 0.05) is 19.3 Å². The van der Waals surface area contributed by atoms with Gasteiger partial charge < -0.3 is 10.0 Å². The van der Waals surface area contributed by atoms with E-state index in [0.29, 0.717) is 6.42 Å². The van der Waals surface area contributed by atoms with Gasteiger partial charge in [-0.3, -0.25) is 9.78 Å². The highest BCUT2D eigenvalue weighted by Crippen LogP contribution is 2.31. The summed E-state index contributed by atoms with van der Waals surface area (Å²) in [7, 11) is 0. The van der Waals surface area contributed by atoms with Crippen molar-refractivity contribution in [2.24, 2.45) is 0 Å². The lowest BCUT2D eigenvalue weighted by Crippen LogP contribution is -2.32. The number of hydrogen-bond donors (Lipinski definition) is 1. The number of carbonyl (C=O) groups excluding carboxylic acids is 1. The molecule has 7 heteroatoms. The van der Waals surface area contributed by atoms with Crippen LogP contribution in [-0.2, 0) is 6.18 Å². The molecule has 1 aliphatic heterocycles. The Morgan fingerprint density at radius 3 is 2.78 bits per heavy atom. The summed E-state index contributed by atoms with van der Waals surface area (Å²) in [5.41, 5.74) is -1.66. The Kier molecular flexibility index (Phi) is 3.25. The number of halogens is 3. The average molecular weight is 260 g/mol. The van der Waals surface area contributed by atoms with Gasteiger partial charge in [-0.1, -0.05) is 0 Å². The molecule has 1 saturated heterocycles. The lowest BCUT2D eigenvalue weighted by atomic mass is 10.1. The molecule has 1 aliphatic rings. The van der Waals surface area contributed by atoms with Gasteiger partial charge in [0.2, 0.25) is 0 Å². The monoisotopic (exact) mass is 260 g/mol. The largest absolute Gasteiger partial charge is 0.418 e. The zero-order valence-corrected chi connectivity index (χ0v) is 9.31. The van der Waals surface area contributed by atoms with E-state index in [2.05, 4.69) is 4.98 Å². The number of nitrogens with zero attached hydrogens (tertiary/aromatic N) is 2. The van der Waals surface area contributed by atoms with E-state index < -0.39 is 29.4 Å². The number of amides is 1. The molecule has 1 aromatic rings. The van der Waals surface area contributed by atoms with Gasteiger partial charge in [-0.25, -0.2) is 0 Å². The van der Waals surface area contributed by atoms with E-state index in [-0.39, 0.29) is 13.1 Å². The minimum Gasteiger partial charge on any atom is -0.391 e. The smallest absolute Gasteiger partial charge is 0.391 e. The summed E-state index contributed by atoms with van der Waals surface area (Å²) < 4.78 is 38.1. The molecular formula is C11H11F3N2O2. The van der Waals surface area contributed by atoms with Gasteiger partial charge >= 0.3 is 6.18 Å². The van der Waals surface area contributed by atoms with Crippen LogP contribution in [0.1, 0.15) is 22.5 Å². The van der Waals surface area contributed by atoms with Crippen molar-refractivity contribution in [2.45, 2.75) is 18.7 Å². The van der Waals surface area contributed by atoms with Crippen LogP contribution in [0.5, 0.6) is 0 Å². The topological polar surface area (TPSA) is 53.4 Å². The van der Waals surface area contributed by atoms with Crippen LogP contribution in [0.3, 0.4) is 0 Å². The first-order chi connectivity index (χ1) is 8.39. The van der Waals surface area contributed by atoms with E-state index >= 15 is 0 Å². The van der Waals surface area contributed by atoms with Crippen molar-refractivity contribution in [1.29, 1.82) is 0 Å². The van der Waals surface area contributed by atoms with E-state index in [9.17, 15) is 23.1 Å². The molecule has 1 N–H and O–H groups in total. The lowest BCUT2D eigenvalue weighted by Gasteiger charge is -2.17. The molecule has 4 nitrogen and oxygen atoms in total. The summed E-state index contributed by atoms with van der Waals surface area (Å²) in [4.78, 5) is 16.6. The van der Waals surface area contributed by atoms with E-state index in [0.717, 1.165) is 18.3 Å². The highest BCUT2D eigenvalue weighted by Gasteiger charge is 2.38. The third-order valence-corrected chi connectivity index (χ3v) is 2.77. The maximum absolute atomic E-state index is 12.7. The number of aromatic nitrogens is 1. The standard InChI is InChI=1S/C11H11F3N2O2/c12-11(13,14)8-2-1-4-15-9(8)10(18)16-5-3-7(17)6-16/h1-2,4,7,17H,3,5-6H2/t7-/m0/s1. The minimum atomic E-state index is -4.61. The molecule has 0 bridgehead atoms. The number of likely N-dealkylation sites (tertiary alicyclic amines) is 1. The molecule has 0 aliphatic carbocycles. The molecule has 0 aromatic carbocycles. The summed E-state index contributed by atoms with van der Waals surface area (Å²) in [6.45, 7) is 0.292. The molecule has 0 spiro atoms. The first-order valence-electron chi connectivity index (χ1n) is 5.39. The second-order valence-electron chi connectivity index (χ2n) is 4.09. The maximum atomic E-state index is 12.7. The Hall–Kier alpha value is -1.63. The first-order valence-corrected chi connectivity index (χ1v) is 5.39. The molecule has 2 rings (SSSR count). The fraction of sp³-hybridized carbons (Fsp3) is 0.455. The zero-order valence-electron chi connectivity index (χ0n) is 9.31. The van der Waals surface area contributed by atoms with Gasteiger partial charge in [-0.05, 0) is 18.6 Å². The number of pyridine rings is 1. The van der Waals surface area contributed by atoms with Crippen molar-refractivity contribution in [3.63, 3.8) is 0 Å². The Morgan fingerprint density at radius 2 is 2.22 bits per heavy atom. The van der Waals surface area contributed by atoms with E-state index in [1.54, 1.807) is 0 Å². The van der Waals surface area contributed by atoms with Crippen LogP contribution in [0.25, 0.3) is 0 Å². The lowest BCUT2D eigenvalue weighted by molar-refractivity contribution is -0.138. The first kappa shape index (κ1) is 12.8. The van der Waals surface area contributed by atoms with Gasteiger partial charge in [0.15, 0.2) is 0 Å². The number of aliphatic hydroxyl groups is 1. The van der Waals surface area contributed by atoms with Gasteiger partial charge in [-0.2, -0.15) is 13.2 Å². The molecule has 0 unspecified atom stereocenters. The molecule has 1 aromatic heterocycles. The fourth-order valence-corrected chi connectivity index (χ4v) is 1.88. The third-order valence-electron chi connectivity index (χ3n) is 2.77. The molecule has 2 heterocycles. The van der Waals surface area contributed by atoms with E-state index in [4.69, 9.17) is 0 Å². The Labute approximate surface area is 101 Å². The third kappa shape index (κ3) is 2.45. The van der Waals surface area contributed by atoms with Crippen LogP contribution in [0.4, 0.5) is 13.2 Å². The second kappa shape index (κ2) is 4.56. The van der Waals surface area contributed by atoms with Crippen LogP contribution in [-0.4, -0.2) is 40.1 Å². The van der Waals surface area contributed by atoms with Crippen LogP contribution in [0, 0.1) is 0 Å². The summed E-state index contributed by atoms with van der Waals surface area (Å²) in [5.74, 6) is -0.792. The molecule has 98 valence electrons. The number of alkyl halides is 3. The molecule has 1 amide bonds. The fourth-order valence-electron chi connectivity index (χ4n) is 1.88. The average Bonchev–Trinajstić information content (AvgIpc) is 2.74. The predicted octanol–water partition coefficient (Wildman–Crippen LogP) is 1.31. The predicted molar refractivity (Wildman–Crippen MR) is 55.8 cm³/mol. The minimum absolute atomic E-state index is 0.0483. The van der Waals surface area contributed by atoms with E-state index in [1.165, 1.54) is 4.90 Å². The highest BCUT2D eigenvalue weighted by atomic mass is 19.4. The van der Waals surface area contributed by atoms with Gasteiger partial charge in [0.05, 0.1) is 11.7 Å². The van der Waals surface area contributed by atoms with Crippen molar-refractivity contribution in [3.05, 3.63) is 29.6 Å². The van der Waals surface area contributed by atoms with Crippen molar-refractivity contribution in [2.75, 3.05) is 13.1 Å². The van der Waals surface area contributed by atoms with Crippen LogP contribution in [0.2, 0.25) is 0 Å². The summed E-state index contributed by atoms with van der Waals surface area (Å²) in [6.07, 6.45) is -3.76. The number of carbonyl (C=O) groups is 1.